The molecular weight excluding hydrogens is 332 g/mol. The summed E-state index contributed by atoms with van der Waals surface area (Å²) in [5.41, 5.74) is 8.77. The van der Waals surface area contributed by atoms with Crippen molar-refractivity contribution in [3.05, 3.63) is 71.8 Å². The molecule has 2 aliphatic rings. The second kappa shape index (κ2) is 4.02. The third kappa shape index (κ3) is 1.27. The van der Waals surface area contributed by atoms with E-state index < -0.39 is 0 Å². The average molecular weight is 348 g/mol. The molecule has 0 amide bonds. The average Bonchev–Trinajstić information content (AvgIpc) is 3.10. The standard InChI is InChI=1S/C25H16S/c1-25(2)16-7-3-5-14-15-6-4-8-18-22(15)24-19(26-18)12-10-13-9-11-17(25)23(20(13)24)21(14)16/h3-12H,1-2H3. The van der Waals surface area contributed by atoms with E-state index in [4.69, 9.17) is 0 Å². The van der Waals surface area contributed by atoms with Gasteiger partial charge in [0.25, 0.3) is 0 Å². The van der Waals surface area contributed by atoms with Crippen molar-refractivity contribution < 1.29 is 0 Å². The Bertz CT molecular complexity index is 1450. The van der Waals surface area contributed by atoms with E-state index in [1.165, 1.54) is 64.3 Å². The molecule has 0 nitrogen and oxygen atoms in total. The van der Waals surface area contributed by atoms with Gasteiger partial charge < -0.3 is 0 Å². The first-order chi connectivity index (χ1) is 12.7. The van der Waals surface area contributed by atoms with Gasteiger partial charge >= 0.3 is 0 Å². The Balaban J connectivity index is 1.96. The Labute approximate surface area is 155 Å². The Hall–Kier alpha value is -2.64. The maximum absolute atomic E-state index is 2.38. The molecule has 4 aromatic carbocycles. The lowest BCUT2D eigenvalue weighted by Crippen LogP contribution is -2.14. The fourth-order valence-corrected chi connectivity index (χ4v) is 6.58. The molecule has 0 spiro atoms. The van der Waals surface area contributed by atoms with Crippen molar-refractivity contribution >= 4 is 42.3 Å². The summed E-state index contributed by atoms with van der Waals surface area (Å²) in [6.45, 7) is 4.76. The van der Waals surface area contributed by atoms with Crippen LogP contribution >= 0.6 is 11.3 Å². The highest BCUT2D eigenvalue weighted by Crippen LogP contribution is 2.59. The first-order valence-electron chi connectivity index (χ1n) is 9.22. The molecule has 0 atom stereocenters. The Kier molecular flexibility index (Phi) is 2.10. The van der Waals surface area contributed by atoms with Gasteiger partial charge in [0.2, 0.25) is 0 Å². The third-order valence-corrected chi connectivity index (χ3v) is 7.72. The van der Waals surface area contributed by atoms with Crippen molar-refractivity contribution in [1.29, 1.82) is 0 Å². The van der Waals surface area contributed by atoms with Crippen LogP contribution in [0.3, 0.4) is 0 Å². The second-order valence-corrected chi connectivity index (χ2v) is 9.24. The van der Waals surface area contributed by atoms with Crippen LogP contribution in [0.2, 0.25) is 0 Å². The highest BCUT2D eigenvalue weighted by molar-refractivity contribution is 7.26. The van der Waals surface area contributed by atoms with Crippen LogP contribution in [0.4, 0.5) is 0 Å². The molecule has 0 radical (unpaired) electrons. The van der Waals surface area contributed by atoms with Crippen molar-refractivity contribution in [1.82, 2.24) is 0 Å². The minimum atomic E-state index is 0.0540. The molecule has 0 N–H and O–H groups in total. The lowest BCUT2D eigenvalue weighted by Gasteiger charge is -2.22. The zero-order valence-electron chi connectivity index (χ0n) is 14.7. The molecule has 1 aromatic heterocycles. The molecule has 7 rings (SSSR count). The van der Waals surface area contributed by atoms with E-state index in [-0.39, 0.29) is 5.41 Å². The highest BCUT2D eigenvalue weighted by atomic mass is 32.1. The van der Waals surface area contributed by atoms with Crippen LogP contribution in [0.15, 0.2) is 60.7 Å². The second-order valence-electron chi connectivity index (χ2n) is 8.16. The number of fused-ring (bicyclic) bond motifs is 1. The Morgan fingerprint density at radius 3 is 2.27 bits per heavy atom. The van der Waals surface area contributed by atoms with E-state index in [1.807, 2.05) is 11.3 Å². The van der Waals surface area contributed by atoms with Crippen molar-refractivity contribution in [3.63, 3.8) is 0 Å². The lowest BCUT2D eigenvalue weighted by molar-refractivity contribution is 0.661. The number of hydrogen-bond donors (Lipinski definition) is 0. The van der Waals surface area contributed by atoms with Crippen molar-refractivity contribution in [2.75, 3.05) is 0 Å². The predicted molar refractivity (Wildman–Crippen MR) is 113 cm³/mol. The Morgan fingerprint density at radius 2 is 1.35 bits per heavy atom. The van der Waals surface area contributed by atoms with E-state index in [9.17, 15) is 0 Å². The van der Waals surface area contributed by atoms with Gasteiger partial charge in [-0.25, -0.2) is 0 Å². The van der Waals surface area contributed by atoms with Gasteiger partial charge in [-0.15, -0.1) is 11.3 Å². The molecular formula is C25H16S. The van der Waals surface area contributed by atoms with Gasteiger partial charge in [0.15, 0.2) is 0 Å². The largest absolute Gasteiger partial charge is 0.135 e. The third-order valence-electron chi connectivity index (χ3n) is 6.60. The molecule has 0 saturated heterocycles. The zero-order valence-corrected chi connectivity index (χ0v) is 15.5. The van der Waals surface area contributed by atoms with Gasteiger partial charge in [-0.1, -0.05) is 62.4 Å². The summed E-state index contributed by atoms with van der Waals surface area (Å²) < 4.78 is 2.81. The van der Waals surface area contributed by atoms with Gasteiger partial charge in [-0.2, -0.15) is 0 Å². The van der Waals surface area contributed by atoms with Crippen LogP contribution < -0.4 is 0 Å². The van der Waals surface area contributed by atoms with Gasteiger partial charge in [0.05, 0.1) is 0 Å². The normalized spacial score (nSPS) is 15.6. The van der Waals surface area contributed by atoms with Crippen LogP contribution in [-0.4, -0.2) is 0 Å². The van der Waals surface area contributed by atoms with Gasteiger partial charge in [-0.3, -0.25) is 0 Å². The predicted octanol–water partition coefficient (Wildman–Crippen LogP) is 7.49. The highest BCUT2D eigenvalue weighted by Gasteiger charge is 2.39. The molecule has 0 bridgehead atoms. The van der Waals surface area contributed by atoms with E-state index in [0.29, 0.717) is 0 Å². The minimum absolute atomic E-state index is 0.0540. The van der Waals surface area contributed by atoms with E-state index in [2.05, 4.69) is 74.5 Å². The summed E-state index contributed by atoms with van der Waals surface area (Å²) in [7, 11) is 0. The summed E-state index contributed by atoms with van der Waals surface area (Å²) in [6, 6.07) is 23.1. The van der Waals surface area contributed by atoms with Crippen LogP contribution in [0.5, 0.6) is 0 Å². The molecule has 122 valence electrons. The quantitative estimate of drug-likeness (QED) is 0.267. The first-order valence-corrected chi connectivity index (χ1v) is 10.0. The summed E-state index contributed by atoms with van der Waals surface area (Å²) in [5, 5.41) is 5.75. The number of benzene rings is 4. The number of rotatable bonds is 0. The zero-order chi connectivity index (χ0) is 17.2. The van der Waals surface area contributed by atoms with Crippen LogP contribution in [0.25, 0.3) is 53.2 Å². The van der Waals surface area contributed by atoms with Crippen LogP contribution in [0, 0.1) is 0 Å². The molecule has 2 aliphatic carbocycles. The SMILES string of the molecule is CC1(C)c2cccc3c2-c2c1ccc1ccc4sc5cccc-3c5c4c21. The van der Waals surface area contributed by atoms with E-state index in [1.54, 1.807) is 0 Å². The first kappa shape index (κ1) is 13.5. The maximum atomic E-state index is 2.38. The molecule has 0 unspecified atom stereocenters. The fraction of sp³-hybridized carbons (Fsp3) is 0.120. The molecule has 0 fully saturated rings. The Morgan fingerprint density at radius 1 is 0.615 bits per heavy atom. The number of thiophene rings is 1. The van der Waals surface area contributed by atoms with Gasteiger partial charge in [0, 0.05) is 25.6 Å². The van der Waals surface area contributed by atoms with E-state index in [0.717, 1.165) is 0 Å². The molecule has 0 aliphatic heterocycles. The lowest BCUT2D eigenvalue weighted by atomic mass is 9.81. The van der Waals surface area contributed by atoms with Crippen LogP contribution in [0.1, 0.15) is 25.0 Å². The summed E-state index contributed by atoms with van der Waals surface area (Å²) in [4.78, 5) is 0. The molecule has 0 saturated carbocycles. The summed E-state index contributed by atoms with van der Waals surface area (Å²) >= 11 is 1.93. The van der Waals surface area contributed by atoms with Crippen molar-refractivity contribution in [2.45, 2.75) is 19.3 Å². The van der Waals surface area contributed by atoms with Crippen LogP contribution in [-0.2, 0) is 5.41 Å². The van der Waals surface area contributed by atoms with Crippen molar-refractivity contribution in [2.24, 2.45) is 0 Å². The monoisotopic (exact) mass is 348 g/mol. The molecule has 5 aromatic rings. The fourth-order valence-electron chi connectivity index (χ4n) is 5.44. The van der Waals surface area contributed by atoms with Gasteiger partial charge in [-0.05, 0) is 56.3 Å². The maximum Gasteiger partial charge on any atom is 0.0362 e. The topological polar surface area (TPSA) is 0 Å². The number of hydrogen-bond acceptors (Lipinski definition) is 1. The molecule has 26 heavy (non-hydrogen) atoms. The summed E-state index contributed by atoms with van der Waals surface area (Å²) in [6.07, 6.45) is 0. The molecule has 1 heteroatoms. The van der Waals surface area contributed by atoms with Crippen molar-refractivity contribution in [3.8, 4) is 22.3 Å². The van der Waals surface area contributed by atoms with E-state index >= 15 is 0 Å². The smallest absolute Gasteiger partial charge is 0.0362 e. The summed E-state index contributed by atoms with van der Waals surface area (Å²) in [5.74, 6) is 0. The molecule has 1 heterocycles. The van der Waals surface area contributed by atoms with Gasteiger partial charge in [0.1, 0.15) is 0 Å². The minimum Gasteiger partial charge on any atom is -0.135 e.